The van der Waals surface area contributed by atoms with Crippen LogP contribution >= 0.6 is 24.8 Å². The minimum absolute atomic E-state index is 0. The molecule has 2 aromatic rings. The lowest BCUT2D eigenvalue weighted by atomic mass is 9.95. The highest BCUT2D eigenvalue weighted by molar-refractivity contribution is 5.85. The summed E-state index contributed by atoms with van der Waals surface area (Å²) in [6.07, 6.45) is -4.90. The summed E-state index contributed by atoms with van der Waals surface area (Å²) < 4.78 is 97.2. The zero-order valence-electron chi connectivity index (χ0n) is 15.1. The maximum absolute atomic E-state index is 14.4. The second-order valence-electron chi connectivity index (χ2n) is 6.19. The van der Waals surface area contributed by atoms with Gasteiger partial charge in [0.1, 0.15) is 5.75 Å². The Morgan fingerprint density at radius 3 is 1.83 bits per heavy atom. The van der Waals surface area contributed by atoms with E-state index in [0.29, 0.717) is 26.2 Å². The average molecular weight is 481 g/mol. The predicted octanol–water partition coefficient (Wildman–Crippen LogP) is 4.98. The zero-order valence-corrected chi connectivity index (χ0v) is 16.7. The molecule has 1 fully saturated rings. The average Bonchev–Trinajstić information content (AvgIpc) is 2.64. The minimum atomic E-state index is -4.90. The molecule has 168 valence electrons. The Balaban J connectivity index is 0.00000225. The van der Waals surface area contributed by atoms with Crippen molar-refractivity contribution in [2.75, 3.05) is 26.2 Å². The van der Waals surface area contributed by atoms with E-state index in [1.54, 1.807) is 4.90 Å². The van der Waals surface area contributed by atoms with Gasteiger partial charge in [0.2, 0.25) is 0 Å². The topological polar surface area (TPSA) is 24.5 Å². The van der Waals surface area contributed by atoms with Crippen LogP contribution in [0.15, 0.2) is 30.3 Å². The standard InChI is InChI=1S/C18H15F7N2O.2ClH/c19-12-9-13(20)16(22)14(15(12)21)17(27-7-5-26-6-8-27)10-1-3-11(4-2-10)28-18(23,24)25;;/h1-4,9,17,26H,5-8H2;2*1H/t17-;;/m0../s1. The summed E-state index contributed by atoms with van der Waals surface area (Å²) in [7, 11) is 0. The molecule has 1 aliphatic heterocycles. The van der Waals surface area contributed by atoms with Gasteiger partial charge in [0, 0.05) is 32.2 Å². The lowest BCUT2D eigenvalue weighted by molar-refractivity contribution is -0.274. The van der Waals surface area contributed by atoms with E-state index in [-0.39, 0.29) is 36.4 Å². The van der Waals surface area contributed by atoms with Gasteiger partial charge in [-0.2, -0.15) is 0 Å². The van der Waals surface area contributed by atoms with Crippen LogP contribution in [0.2, 0.25) is 0 Å². The van der Waals surface area contributed by atoms with Crippen LogP contribution in [0, 0.1) is 23.3 Å². The number of rotatable bonds is 4. The monoisotopic (exact) mass is 480 g/mol. The Hall–Kier alpha value is -1.75. The molecule has 3 rings (SSSR count). The quantitative estimate of drug-likeness (QED) is 0.493. The number of hydrogen-bond acceptors (Lipinski definition) is 3. The SMILES string of the molecule is Cl.Cl.Fc1cc(F)c(F)c([C@H](c2ccc(OC(F)(F)F)cc2)N2CCNCC2)c1F. The number of alkyl halides is 3. The first kappa shape index (κ1) is 26.3. The first-order valence-corrected chi connectivity index (χ1v) is 8.30. The molecule has 1 N–H and O–H groups in total. The molecule has 0 spiro atoms. The highest BCUT2D eigenvalue weighted by Crippen LogP contribution is 2.35. The molecule has 1 saturated heterocycles. The molecule has 30 heavy (non-hydrogen) atoms. The second-order valence-corrected chi connectivity index (χ2v) is 6.19. The van der Waals surface area contributed by atoms with Crippen LogP contribution in [-0.2, 0) is 0 Å². The van der Waals surface area contributed by atoms with Crippen molar-refractivity contribution in [1.29, 1.82) is 0 Å². The third kappa shape index (κ3) is 5.90. The Kier molecular flexibility index (Phi) is 9.22. The summed E-state index contributed by atoms with van der Waals surface area (Å²) in [5, 5.41) is 3.04. The van der Waals surface area contributed by atoms with Crippen LogP contribution in [0.5, 0.6) is 5.75 Å². The largest absolute Gasteiger partial charge is 0.573 e. The second kappa shape index (κ2) is 10.5. The molecular formula is C18H17Cl2F7N2O. The number of benzene rings is 2. The maximum atomic E-state index is 14.4. The summed E-state index contributed by atoms with van der Waals surface area (Å²) in [6.45, 7) is 1.55. The third-order valence-electron chi connectivity index (χ3n) is 4.37. The summed E-state index contributed by atoms with van der Waals surface area (Å²) in [4.78, 5) is 1.59. The number of piperazine rings is 1. The number of hydrogen-bond donors (Lipinski definition) is 1. The van der Waals surface area contributed by atoms with E-state index in [2.05, 4.69) is 10.1 Å². The molecule has 0 saturated carbocycles. The van der Waals surface area contributed by atoms with Crippen LogP contribution < -0.4 is 10.1 Å². The minimum Gasteiger partial charge on any atom is -0.406 e. The van der Waals surface area contributed by atoms with Gasteiger partial charge in [0.05, 0.1) is 11.6 Å². The zero-order chi connectivity index (χ0) is 20.5. The molecule has 0 aliphatic carbocycles. The predicted molar refractivity (Wildman–Crippen MR) is 100 cm³/mol. The lowest BCUT2D eigenvalue weighted by Crippen LogP contribution is -2.46. The summed E-state index contributed by atoms with van der Waals surface area (Å²) in [5.74, 6) is -6.71. The molecule has 0 radical (unpaired) electrons. The molecule has 1 atom stereocenters. The molecule has 0 bridgehead atoms. The van der Waals surface area contributed by atoms with E-state index < -0.39 is 47.0 Å². The van der Waals surface area contributed by atoms with E-state index in [1.807, 2.05) is 0 Å². The Morgan fingerprint density at radius 1 is 0.867 bits per heavy atom. The van der Waals surface area contributed by atoms with Gasteiger partial charge in [0.15, 0.2) is 23.3 Å². The van der Waals surface area contributed by atoms with Crippen LogP contribution in [0.1, 0.15) is 17.2 Å². The molecule has 3 nitrogen and oxygen atoms in total. The van der Waals surface area contributed by atoms with Gasteiger partial charge < -0.3 is 10.1 Å². The summed E-state index contributed by atoms with van der Waals surface area (Å²) >= 11 is 0. The highest BCUT2D eigenvalue weighted by Gasteiger charge is 2.33. The van der Waals surface area contributed by atoms with Gasteiger partial charge >= 0.3 is 6.36 Å². The maximum Gasteiger partial charge on any atom is 0.573 e. The molecular weight excluding hydrogens is 464 g/mol. The number of ether oxygens (including phenoxy) is 1. The molecule has 1 heterocycles. The van der Waals surface area contributed by atoms with Crippen molar-refractivity contribution in [2.45, 2.75) is 12.4 Å². The van der Waals surface area contributed by atoms with Crippen molar-refractivity contribution >= 4 is 24.8 Å². The Labute approximate surface area is 180 Å². The third-order valence-corrected chi connectivity index (χ3v) is 4.37. The molecule has 2 aromatic carbocycles. The number of nitrogens with zero attached hydrogens (tertiary/aromatic N) is 1. The number of halogens is 9. The van der Waals surface area contributed by atoms with Gasteiger partial charge in [-0.3, -0.25) is 4.90 Å². The van der Waals surface area contributed by atoms with Crippen molar-refractivity contribution in [1.82, 2.24) is 10.2 Å². The van der Waals surface area contributed by atoms with E-state index in [4.69, 9.17) is 0 Å². The molecule has 0 amide bonds. The van der Waals surface area contributed by atoms with Crippen LogP contribution in [0.4, 0.5) is 30.7 Å². The van der Waals surface area contributed by atoms with Crippen molar-refractivity contribution in [2.24, 2.45) is 0 Å². The van der Waals surface area contributed by atoms with Gasteiger partial charge in [0.25, 0.3) is 0 Å². The van der Waals surface area contributed by atoms with E-state index in [9.17, 15) is 30.7 Å². The lowest BCUT2D eigenvalue weighted by Gasteiger charge is -2.36. The molecule has 0 aromatic heterocycles. The number of nitrogens with one attached hydrogen (secondary N) is 1. The van der Waals surface area contributed by atoms with E-state index in [1.165, 1.54) is 12.1 Å². The first-order chi connectivity index (χ1) is 13.2. The van der Waals surface area contributed by atoms with Crippen molar-refractivity contribution in [3.05, 3.63) is 64.7 Å². The fraction of sp³-hybridized carbons (Fsp3) is 0.333. The van der Waals surface area contributed by atoms with Crippen molar-refractivity contribution < 1.29 is 35.5 Å². The van der Waals surface area contributed by atoms with Crippen LogP contribution in [0.3, 0.4) is 0 Å². The van der Waals surface area contributed by atoms with Crippen molar-refractivity contribution in [3.63, 3.8) is 0 Å². The van der Waals surface area contributed by atoms with Crippen molar-refractivity contribution in [3.8, 4) is 5.75 Å². The van der Waals surface area contributed by atoms with Crippen LogP contribution in [0.25, 0.3) is 0 Å². The normalized spacial score (nSPS) is 15.7. The first-order valence-electron chi connectivity index (χ1n) is 8.30. The molecule has 1 aliphatic rings. The van der Waals surface area contributed by atoms with E-state index in [0.717, 1.165) is 12.1 Å². The van der Waals surface area contributed by atoms with Gasteiger partial charge in [-0.15, -0.1) is 38.0 Å². The molecule has 12 heteroatoms. The highest BCUT2D eigenvalue weighted by atomic mass is 35.5. The van der Waals surface area contributed by atoms with E-state index >= 15 is 0 Å². The fourth-order valence-corrected chi connectivity index (χ4v) is 3.18. The molecule has 0 unspecified atom stereocenters. The smallest absolute Gasteiger partial charge is 0.406 e. The van der Waals surface area contributed by atoms with Gasteiger partial charge in [-0.05, 0) is 17.7 Å². The summed E-state index contributed by atoms with van der Waals surface area (Å²) in [6, 6.07) is 3.19. The van der Waals surface area contributed by atoms with Gasteiger partial charge in [-0.1, -0.05) is 12.1 Å². The Morgan fingerprint density at radius 2 is 1.37 bits per heavy atom. The van der Waals surface area contributed by atoms with Crippen LogP contribution in [-0.4, -0.2) is 37.4 Å². The fourth-order valence-electron chi connectivity index (χ4n) is 3.18. The van der Waals surface area contributed by atoms with Gasteiger partial charge in [-0.25, -0.2) is 17.6 Å². The Bertz CT molecular complexity index is 818. The summed E-state index contributed by atoms with van der Waals surface area (Å²) in [5.41, 5.74) is -0.664.